The van der Waals surface area contributed by atoms with Crippen molar-refractivity contribution >= 4 is 11.7 Å². The molecule has 3 unspecified atom stereocenters. The first-order valence-corrected chi connectivity index (χ1v) is 7.17. The zero-order valence-corrected chi connectivity index (χ0v) is 12.3. The lowest BCUT2D eigenvalue weighted by atomic mass is 9.78. The number of hydrogen-bond donors (Lipinski definition) is 1. The van der Waals surface area contributed by atoms with E-state index >= 15 is 0 Å². The molecule has 1 aliphatic rings. The molecule has 2 rings (SSSR count). The summed E-state index contributed by atoms with van der Waals surface area (Å²) in [5, 5.41) is 3.43. The Bertz CT molecular complexity index is 489. The average molecular weight is 279 g/mol. The van der Waals surface area contributed by atoms with Gasteiger partial charge in [0.1, 0.15) is 5.82 Å². The molecule has 1 saturated carbocycles. The van der Waals surface area contributed by atoms with Crippen molar-refractivity contribution in [1.29, 1.82) is 0 Å². The summed E-state index contributed by atoms with van der Waals surface area (Å²) in [4.78, 5) is 11.5. The van der Waals surface area contributed by atoms with Crippen LogP contribution in [0.3, 0.4) is 0 Å². The molecule has 0 aliphatic heterocycles. The predicted octanol–water partition coefficient (Wildman–Crippen LogP) is 3.85. The molecule has 1 fully saturated rings. The summed E-state index contributed by atoms with van der Waals surface area (Å²) in [6.45, 7) is 4.51. The first-order chi connectivity index (χ1) is 9.52. The van der Waals surface area contributed by atoms with Crippen LogP contribution in [0.15, 0.2) is 18.2 Å². The minimum absolute atomic E-state index is 0.0194. The fourth-order valence-electron chi connectivity index (χ4n) is 2.88. The summed E-state index contributed by atoms with van der Waals surface area (Å²) in [7, 11) is 1.26. The number of rotatable bonds is 3. The normalized spacial score (nSPS) is 26.1. The molecule has 1 N–H and O–H groups in total. The van der Waals surface area contributed by atoms with E-state index in [9.17, 15) is 9.18 Å². The summed E-state index contributed by atoms with van der Waals surface area (Å²) in [5.41, 5.74) is 0.756. The molecule has 0 bridgehead atoms. The highest BCUT2D eigenvalue weighted by atomic mass is 19.1. The van der Waals surface area contributed by atoms with E-state index in [1.807, 2.05) is 0 Å². The molecule has 4 heteroatoms. The lowest BCUT2D eigenvalue weighted by molar-refractivity contribution is 0.0595. The van der Waals surface area contributed by atoms with Gasteiger partial charge in [-0.2, -0.15) is 0 Å². The Balaban J connectivity index is 2.15. The number of halogens is 1. The largest absolute Gasteiger partial charge is 0.465 e. The van der Waals surface area contributed by atoms with Crippen LogP contribution in [0.1, 0.15) is 43.5 Å². The molecule has 1 aliphatic carbocycles. The third kappa shape index (κ3) is 3.11. The highest BCUT2D eigenvalue weighted by molar-refractivity contribution is 5.90. The van der Waals surface area contributed by atoms with Crippen molar-refractivity contribution in [2.24, 2.45) is 11.8 Å². The molecular formula is C16H22FNO2. The average Bonchev–Trinajstić information content (AvgIpc) is 2.45. The topological polar surface area (TPSA) is 38.3 Å². The van der Waals surface area contributed by atoms with E-state index in [0.29, 0.717) is 17.9 Å². The molecule has 1 aromatic rings. The SMILES string of the molecule is COC(=O)c1cc(NC2CCCC(C)C2C)ccc1F. The van der Waals surface area contributed by atoms with Gasteiger partial charge in [-0.1, -0.05) is 26.7 Å². The van der Waals surface area contributed by atoms with Gasteiger partial charge >= 0.3 is 5.97 Å². The highest BCUT2D eigenvalue weighted by Crippen LogP contribution is 2.31. The van der Waals surface area contributed by atoms with Gasteiger partial charge in [-0.15, -0.1) is 0 Å². The van der Waals surface area contributed by atoms with E-state index in [1.54, 1.807) is 6.07 Å². The smallest absolute Gasteiger partial charge is 0.340 e. The Kier molecular flexibility index (Phi) is 4.63. The van der Waals surface area contributed by atoms with Crippen molar-refractivity contribution in [3.05, 3.63) is 29.6 Å². The standard InChI is InChI=1S/C16H22FNO2/c1-10-5-4-6-15(11(10)2)18-12-7-8-14(17)13(9-12)16(19)20-3/h7-11,15,18H,4-6H2,1-3H3. The van der Waals surface area contributed by atoms with Crippen LogP contribution in [0.4, 0.5) is 10.1 Å². The first kappa shape index (κ1) is 14.8. The maximum absolute atomic E-state index is 13.6. The van der Waals surface area contributed by atoms with Gasteiger partial charge in [0, 0.05) is 11.7 Å². The second-order valence-corrected chi connectivity index (χ2v) is 5.70. The molecule has 0 saturated heterocycles. The Morgan fingerprint density at radius 2 is 2.10 bits per heavy atom. The number of anilines is 1. The Morgan fingerprint density at radius 3 is 2.80 bits per heavy atom. The van der Waals surface area contributed by atoms with E-state index in [4.69, 9.17) is 0 Å². The van der Waals surface area contributed by atoms with Gasteiger partial charge < -0.3 is 10.1 Å². The van der Waals surface area contributed by atoms with Crippen LogP contribution in [0.25, 0.3) is 0 Å². The van der Waals surface area contributed by atoms with Crippen molar-refractivity contribution < 1.29 is 13.9 Å². The lowest BCUT2D eigenvalue weighted by Gasteiger charge is -2.35. The van der Waals surface area contributed by atoms with Crippen LogP contribution in [0, 0.1) is 17.7 Å². The number of hydrogen-bond acceptors (Lipinski definition) is 3. The second kappa shape index (κ2) is 6.25. The van der Waals surface area contributed by atoms with Gasteiger partial charge in [0.05, 0.1) is 12.7 Å². The number of esters is 1. The minimum atomic E-state index is -0.642. The molecule has 0 spiro atoms. The monoisotopic (exact) mass is 279 g/mol. The summed E-state index contributed by atoms with van der Waals surface area (Å²) in [6.07, 6.45) is 3.57. The third-order valence-electron chi connectivity index (χ3n) is 4.43. The van der Waals surface area contributed by atoms with Crippen LogP contribution < -0.4 is 5.32 Å². The number of nitrogens with one attached hydrogen (secondary N) is 1. The van der Waals surface area contributed by atoms with E-state index < -0.39 is 11.8 Å². The quantitative estimate of drug-likeness (QED) is 0.854. The Labute approximate surface area is 119 Å². The molecule has 0 aromatic heterocycles. The van der Waals surface area contributed by atoms with E-state index in [1.165, 1.54) is 32.1 Å². The third-order valence-corrected chi connectivity index (χ3v) is 4.43. The molecule has 3 atom stereocenters. The van der Waals surface area contributed by atoms with Crippen LogP contribution >= 0.6 is 0 Å². The summed E-state index contributed by atoms with van der Waals surface area (Å²) < 4.78 is 18.2. The first-order valence-electron chi connectivity index (χ1n) is 7.17. The van der Waals surface area contributed by atoms with Gasteiger partial charge in [-0.3, -0.25) is 0 Å². The van der Waals surface area contributed by atoms with Crippen LogP contribution in [-0.4, -0.2) is 19.1 Å². The number of benzene rings is 1. The van der Waals surface area contributed by atoms with Crippen molar-refractivity contribution in [3.8, 4) is 0 Å². The number of ether oxygens (including phenoxy) is 1. The van der Waals surface area contributed by atoms with Gasteiger partial charge in [-0.05, 0) is 36.5 Å². The fourth-order valence-corrected chi connectivity index (χ4v) is 2.88. The fraction of sp³-hybridized carbons (Fsp3) is 0.562. The van der Waals surface area contributed by atoms with E-state index in [-0.39, 0.29) is 5.56 Å². The Hall–Kier alpha value is -1.58. The van der Waals surface area contributed by atoms with Crippen LogP contribution in [0.2, 0.25) is 0 Å². The molecule has 110 valence electrons. The van der Waals surface area contributed by atoms with Crippen molar-refractivity contribution in [3.63, 3.8) is 0 Å². The van der Waals surface area contributed by atoms with Crippen LogP contribution in [-0.2, 0) is 4.74 Å². The molecule has 1 aromatic carbocycles. The number of carbonyl (C=O) groups excluding carboxylic acids is 1. The molecule has 20 heavy (non-hydrogen) atoms. The number of methoxy groups -OCH3 is 1. The van der Waals surface area contributed by atoms with Gasteiger partial charge in [-0.25, -0.2) is 9.18 Å². The zero-order valence-electron chi connectivity index (χ0n) is 12.3. The minimum Gasteiger partial charge on any atom is -0.465 e. The predicted molar refractivity (Wildman–Crippen MR) is 77.3 cm³/mol. The molecule has 0 heterocycles. The molecular weight excluding hydrogens is 257 g/mol. The lowest BCUT2D eigenvalue weighted by Crippen LogP contribution is -2.35. The second-order valence-electron chi connectivity index (χ2n) is 5.70. The molecule has 3 nitrogen and oxygen atoms in total. The Morgan fingerprint density at radius 1 is 1.35 bits per heavy atom. The maximum atomic E-state index is 13.6. The molecule has 0 amide bonds. The van der Waals surface area contributed by atoms with Gasteiger partial charge in [0.2, 0.25) is 0 Å². The maximum Gasteiger partial charge on any atom is 0.340 e. The van der Waals surface area contributed by atoms with Gasteiger partial charge in [0.25, 0.3) is 0 Å². The van der Waals surface area contributed by atoms with Gasteiger partial charge in [0.15, 0.2) is 0 Å². The zero-order chi connectivity index (χ0) is 14.7. The van der Waals surface area contributed by atoms with E-state index in [0.717, 1.165) is 12.1 Å². The summed E-state index contributed by atoms with van der Waals surface area (Å²) >= 11 is 0. The number of carbonyl (C=O) groups is 1. The summed E-state index contributed by atoms with van der Waals surface area (Å²) in [5.74, 6) is 0.0563. The molecule has 0 radical (unpaired) electrons. The van der Waals surface area contributed by atoms with E-state index in [2.05, 4.69) is 23.9 Å². The van der Waals surface area contributed by atoms with Crippen LogP contribution in [0.5, 0.6) is 0 Å². The summed E-state index contributed by atoms with van der Waals surface area (Å²) in [6, 6.07) is 4.89. The van der Waals surface area contributed by atoms with Crippen molar-refractivity contribution in [2.45, 2.75) is 39.2 Å². The van der Waals surface area contributed by atoms with Crippen molar-refractivity contribution in [2.75, 3.05) is 12.4 Å². The van der Waals surface area contributed by atoms with Crippen molar-refractivity contribution in [1.82, 2.24) is 0 Å². The highest BCUT2D eigenvalue weighted by Gasteiger charge is 2.27.